The average molecular weight is 655 g/mol. The van der Waals surface area contributed by atoms with Crippen LogP contribution in [-0.2, 0) is 16.2 Å². The second-order valence-electron chi connectivity index (χ2n) is 7.49. The summed E-state index contributed by atoms with van der Waals surface area (Å²) < 4.78 is 12.2. The number of rotatable bonds is 6. The highest BCUT2D eigenvalue weighted by Gasteiger charge is 2.36. The summed E-state index contributed by atoms with van der Waals surface area (Å²) in [5.74, 6) is -0.484. The van der Waals surface area contributed by atoms with Crippen LogP contribution in [0.25, 0.3) is 6.08 Å². The van der Waals surface area contributed by atoms with Crippen molar-refractivity contribution < 1.29 is 23.9 Å². The molecule has 1 N–H and O–H groups in total. The number of imide groups is 2. The van der Waals surface area contributed by atoms with Crippen LogP contribution in [0.15, 0.2) is 69.1 Å². The summed E-state index contributed by atoms with van der Waals surface area (Å²) in [5.41, 5.74) is 1.36. The van der Waals surface area contributed by atoms with Gasteiger partial charge in [-0.3, -0.25) is 14.9 Å². The Hall–Kier alpha value is -2.85. The first kappa shape index (κ1) is 26.2. The Kier molecular flexibility index (Phi) is 8.04. The van der Waals surface area contributed by atoms with Gasteiger partial charge in [0.25, 0.3) is 11.8 Å². The standard InChI is InChI=1S/C25H16Br2Cl2N2O5/c1-35-17-6-4-16(5-7-17)31-24(33)18(23(32)30-25(31)34)8-13-9-19(26)22(20(27)10-13)36-12-14-2-3-15(28)11-21(14)29/h2-11H,12H2,1H3,(H,30,32,34)/b18-8+. The number of benzene rings is 3. The summed E-state index contributed by atoms with van der Waals surface area (Å²) in [4.78, 5) is 39.0. The van der Waals surface area contributed by atoms with Gasteiger partial charge in [-0.25, -0.2) is 9.69 Å². The molecular formula is C25H16Br2Cl2N2O5. The van der Waals surface area contributed by atoms with E-state index in [4.69, 9.17) is 32.7 Å². The van der Waals surface area contributed by atoms with Gasteiger partial charge in [-0.05, 0) is 92.0 Å². The minimum atomic E-state index is -0.834. The van der Waals surface area contributed by atoms with Crippen molar-refractivity contribution in [3.8, 4) is 11.5 Å². The van der Waals surface area contributed by atoms with E-state index >= 15 is 0 Å². The average Bonchev–Trinajstić information content (AvgIpc) is 2.82. The molecular weight excluding hydrogens is 639 g/mol. The highest BCUT2D eigenvalue weighted by Crippen LogP contribution is 2.37. The van der Waals surface area contributed by atoms with Crippen LogP contribution in [0.4, 0.5) is 10.5 Å². The van der Waals surface area contributed by atoms with Crippen molar-refractivity contribution >= 4 is 84.7 Å². The summed E-state index contributed by atoms with van der Waals surface area (Å²) >= 11 is 19.1. The van der Waals surface area contributed by atoms with Gasteiger partial charge in [-0.1, -0.05) is 29.3 Å². The van der Waals surface area contributed by atoms with Crippen LogP contribution in [0.2, 0.25) is 10.0 Å². The van der Waals surface area contributed by atoms with Gasteiger partial charge in [0.1, 0.15) is 23.7 Å². The molecule has 0 saturated carbocycles. The molecule has 1 fully saturated rings. The second-order valence-corrected chi connectivity index (χ2v) is 10.0. The molecule has 1 saturated heterocycles. The monoisotopic (exact) mass is 652 g/mol. The van der Waals surface area contributed by atoms with Crippen molar-refractivity contribution in [2.24, 2.45) is 0 Å². The maximum Gasteiger partial charge on any atom is 0.335 e. The fraction of sp³-hybridized carbons (Fsp3) is 0.0800. The third-order valence-corrected chi connectivity index (χ3v) is 6.92. The second kappa shape index (κ2) is 11.0. The van der Waals surface area contributed by atoms with E-state index in [-0.39, 0.29) is 12.2 Å². The van der Waals surface area contributed by atoms with Gasteiger partial charge in [-0.2, -0.15) is 0 Å². The summed E-state index contributed by atoms with van der Waals surface area (Å²) in [7, 11) is 1.51. The first-order valence-corrected chi connectivity index (χ1v) is 12.6. The number of anilines is 1. The fourth-order valence-corrected chi connectivity index (χ4v) is 5.29. The SMILES string of the molecule is COc1ccc(N2C(=O)NC(=O)/C(=C\c3cc(Br)c(OCc4ccc(Cl)cc4Cl)c(Br)c3)C2=O)cc1. The lowest BCUT2D eigenvalue weighted by molar-refractivity contribution is -0.122. The number of nitrogens with one attached hydrogen (secondary N) is 1. The minimum absolute atomic E-state index is 0.188. The highest BCUT2D eigenvalue weighted by atomic mass is 79.9. The first-order chi connectivity index (χ1) is 17.2. The van der Waals surface area contributed by atoms with Crippen LogP contribution in [0, 0.1) is 0 Å². The Bertz CT molecular complexity index is 1390. The molecule has 4 amide bonds. The molecule has 11 heteroatoms. The Morgan fingerprint density at radius 3 is 2.25 bits per heavy atom. The summed E-state index contributed by atoms with van der Waals surface area (Å²) in [6.45, 7) is 0.188. The van der Waals surface area contributed by atoms with Crippen molar-refractivity contribution in [1.29, 1.82) is 0 Å². The maximum absolute atomic E-state index is 13.1. The number of halogens is 4. The van der Waals surface area contributed by atoms with Crippen LogP contribution in [-0.4, -0.2) is 25.0 Å². The van der Waals surface area contributed by atoms with Crippen LogP contribution in [0.3, 0.4) is 0 Å². The van der Waals surface area contributed by atoms with Gasteiger partial charge in [0, 0.05) is 15.6 Å². The van der Waals surface area contributed by atoms with Crippen LogP contribution in [0.1, 0.15) is 11.1 Å². The van der Waals surface area contributed by atoms with Crippen molar-refractivity contribution in [1.82, 2.24) is 5.32 Å². The van der Waals surface area contributed by atoms with Gasteiger partial charge in [0.15, 0.2) is 0 Å². The molecule has 1 heterocycles. The maximum atomic E-state index is 13.1. The van der Waals surface area contributed by atoms with E-state index in [2.05, 4.69) is 37.2 Å². The lowest BCUT2D eigenvalue weighted by atomic mass is 10.1. The van der Waals surface area contributed by atoms with Crippen LogP contribution < -0.4 is 19.7 Å². The number of urea groups is 1. The van der Waals surface area contributed by atoms with Crippen molar-refractivity contribution in [3.63, 3.8) is 0 Å². The topological polar surface area (TPSA) is 84.9 Å². The quantitative estimate of drug-likeness (QED) is 0.234. The summed E-state index contributed by atoms with van der Waals surface area (Å²) in [5, 5.41) is 3.21. The molecule has 0 aromatic heterocycles. The Morgan fingerprint density at radius 2 is 1.64 bits per heavy atom. The number of hydrogen-bond acceptors (Lipinski definition) is 5. The molecule has 0 bridgehead atoms. The van der Waals surface area contributed by atoms with E-state index in [0.29, 0.717) is 41.7 Å². The van der Waals surface area contributed by atoms with E-state index < -0.39 is 17.8 Å². The number of carbonyl (C=O) groups excluding carboxylic acids is 3. The molecule has 1 aliphatic rings. The number of carbonyl (C=O) groups is 3. The molecule has 0 atom stereocenters. The number of hydrogen-bond donors (Lipinski definition) is 1. The first-order valence-electron chi connectivity index (χ1n) is 10.3. The molecule has 3 aromatic rings. The lowest BCUT2D eigenvalue weighted by Crippen LogP contribution is -2.54. The normalized spacial score (nSPS) is 14.8. The van der Waals surface area contributed by atoms with Gasteiger partial charge in [0.05, 0.1) is 21.7 Å². The number of amides is 4. The predicted molar refractivity (Wildman–Crippen MR) is 145 cm³/mol. The predicted octanol–water partition coefficient (Wildman–Crippen LogP) is 6.77. The molecule has 36 heavy (non-hydrogen) atoms. The van der Waals surface area contributed by atoms with E-state index in [1.807, 2.05) is 0 Å². The molecule has 0 unspecified atom stereocenters. The zero-order valence-corrected chi connectivity index (χ0v) is 23.2. The number of barbiturate groups is 1. The summed E-state index contributed by atoms with van der Waals surface area (Å²) in [6, 6.07) is 14.0. The zero-order valence-electron chi connectivity index (χ0n) is 18.5. The molecule has 7 nitrogen and oxygen atoms in total. The van der Waals surface area contributed by atoms with Gasteiger partial charge >= 0.3 is 6.03 Å². The van der Waals surface area contributed by atoms with Gasteiger partial charge in [0.2, 0.25) is 0 Å². The van der Waals surface area contributed by atoms with Crippen molar-refractivity contribution in [3.05, 3.63) is 90.3 Å². The molecule has 1 aliphatic heterocycles. The van der Waals surface area contributed by atoms with Crippen LogP contribution in [0.5, 0.6) is 11.5 Å². The van der Waals surface area contributed by atoms with Crippen LogP contribution >= 0.6 is 55.1 Å². The molecule has 0 spiro atoms. The van der Waals surface area contributed by atoms with Crippen molar-refractivity contribution in [2.45, 2.75) is 6.61 Å². The molecule has 0 aliphatic carbocycles. The Morgan fingerprint density at radius 1 is 0.972 bits per heavy atom. The van der Waals surface area contributed by atoms with E-state index in [1.54, 1.807) is 54.6 Å². The number of methoxy groups -OCH3 is 1. The molecule has 4 rings (SSSR count). The third-order valence-electron chi connectivity index (χ3n) is 5.15. The zero-order chi connectivity index (χ0) is 26.0. The van der Waals surface area contributed by atoms with Gasteiger partial charge in [-0.15, -0.1) is 0 Å². The third kappa shape index (κ3) is 5.59. The summed E-state index contributed by atoms with van der Waals surface area (Å²) in [6.07, 6.45) is 1.40. The Labute approximate surface area is 233 Å². The van der Waals surface area contributed by atoms with Crippen molar-refractivity contribution in [2.75, 3.05) is 12.0 Å². The van der Waals surface area contributed by atoms with E-state index in [1.165, 1.54) is 13.2 Å². The number of nitrogens with zero attached hydrogens (tertiary/aromatic N) is 1. The number of ether oxygens (including phenoxy) is 2. The molecule has 184 valence electrons. The highest BCUT2D eigenvalue weighted by molar-refractivity contribution is 9.11. The van der Waals surface area contributed by atoms with E-state index in [9.17, 15) is 14.4 Å². The molecule has 3 aromatic carbocycles. The smallest absolute Gasteiger partial charge is 0.335 e. The van der Waals surface area contributed by atoms with E-state index in [0.717, 1.165) is 10.5 Å². The largest absolute Gasteiger partial charge is 0.497 e. The Balaban J connectivity index is 1.60. The minimum Gasteiger partial charge on any atom is -0.497 e. The lowest BCUT2D eigenvalue weighted by Gasteiger charge is -2.26. The molecule has 0 radical (unpaired) electrons. The van der Waals surface area contributed by atoms with Gasteiger partial charge < -0.3 is 9.47 Å². The fourth-order valence-electron chi connectivity index (χ4n) is 3.38.